The van der Waals surface area contributed by atoms with Crippen LogP contribution in [0.15, 0.2) is 23.0 Å². The van der Waals surface area contributed by atoms with E-state index in [0.29, 0.717) is 30.3 Å². The summed E-state index contributed by atoms with van der Waals surface area (Å²) in [7, 11) is 0. The van der Waals surface area contributed by atoms with Crippen molar-refractivity contribution in [3.63, 3.8) is 0 Å². The van der Waals surface area contributed by atoms with E-state index < -0.39 is 0 Å². The van der Waals surface area contributed by atoms with E-state index in [9.17, 15) is 9.90 Å². The van der Waals surface area contributed by atoms with Crippen molar-refractivity contribution in [2.45, 2.75) is 39.3 Å². The zero-order chi connectivity index (χ0) is 19.4. The number of rotatable bonds is 6. The fourth-order valence-electron chi connectivity index (χ4n) is 3.43. The average molecular weight is 390 g/mol. The number of pyridine rings is 1. The highest BCUT2D eigenvalue weighted by Gasteiger charge is 2.18. The minimum atomic E-state index is -0.124. The van der Waals surface area contributed by atoms with Gasteiger partial charge in [-0.3, -0.25) is 4.79 Å². The van der Waals surface area contributed by atoms with E-state index in [-0.39, 0.29) is 18.3 Å². The van der Waals surface area contributed by atoms with Gasteiger partial charge in [0, 0.05) is 30.6 Å². The second kappa shape index (κ2) is 8.82. The van der Waals surface area contributed by atoms with Gasteiger partial charge in [-0.15, -0.1) is 0 Å². The molecule has 0 saturated carbocycles. The van der Waals surface area contributed by atoms with Crippen molar-refractivity contribution in [3.05, 3.63) is 45.2 Å². The molecule has 146 valence electrons. The highest BCUT2D eigenvalue weighted by Crippen LogP contribution is 2.20. The summed E-state index contributed by atoms with van der Waals surface area (Å²) in [5.41, 5.74) is 3.53. The van der Waals surface area contributed by atoms with E-state index in [2.05, 4.69) is 16.4 Å². The Hall–Kier alpha value is -1.96. The minimum absolute atomic E-state index is 0.0363. The van der Waals surface area contributed by atoms with Gasteiger partial charge in [-0.1, -0.05) is 12.1 Å². The van der Waals surface area contributed by atoms with Crippen LogP contribution in [0.2, 0.25) is 0 Å². The van der Waals surface area contributed by atoms with Crippen molar-refractivity contribution >= 4 is 28.2 Å². The molecule has 1 aliphatic heterocycles. The van der Waals surface area contributed by atoms with Gasteiger partial charge in [0.25, 0.3) is 5.56 Å². The fraction of sp³-hybridized carbons (Fsp3) is 0.500. The minimum Gasteiger partial charge on any atom is -0.395 e. The van der Waals surface area contributed by atoms with Gasteiger partial charge in [-0.05, 0) is 56.1 Å². The number of thiocarbonyl (C=S) groups is 1. The van der Waals surface area contributed by atoms with E-state index in [1.165, 1.54) is 0 Å². The Balaban J connectivity index is 1.79. The number of aromatic nitrogens is 1. The maximum atomic E-state index is 12.6. The average Bonchev–Trinajstić information content (AvgIpc) is 3.17. The molecule has 1 unspecified atom stereocenters. The third-order valence-electron chi connectivity index (χ3n) is 5.04. The van der Waals surface area contributed by atoms with Crippen molar-refractivity contribution < 1.29 is 9.84 Å². The van der Waals surface area contributed by atoms with E-state index in [4.69, 9.17) is 17.0 Å². The Morgan fingerprint density at radius 2 is 2.19 bits per heavy atom. The largest absolute Gasteiger partial charge is 0.395 e. The molecule has 0 radical (unpaired) electrons. The lowest BCUT2D eigenvalue weighted by atomic mass is 10.0. The first kappa shape index (κ1) is 19.8. The molecule has 1 aliphatic rings. The molecule has 0 bridgehead atoms. The second-order valence-corrected chi connectivity index (χ2v) is 7.46. The molecule has 0 amide bonds. The molecular weight excluding hydrogens is 362 g/mol. The number of hydrogen-bond donors (Lipinski definition) is 3. The summed E-state index contributed by atoms with van der Waals surface area (Å²) in [5, 5.41) is 14.2. The van der Waals surface area contributed by atoms with Gasteiger partial charge in [-0.2, -0.15) is 0 Å². The van der Waals surface area contributed by atoms with Crippen molar-refractivity contribution in [2.75, 3.05) is 26.3 Å². The molecule has 1 saturated heterocycles. The summed E-state index contributed by atoms with van der Waals surface area (Å²) in [6.45, 7) is 6.13. The van der Waals surface area contributed by atoms with Crippen LogP contribution in [-0.4, -0.2) is 52.5 Å². The summed E-state index contributed by atoms with van der Waals surface area (Å²) in [6, 6.07) is 6.00. The lowest BCUT2D eigenvalue weighted by Crippen LogP contribution is -2.44. The van der Waals surface area contributed by atoms with Gasteiger partial charge < -0.3 is 25.0 Å². The van der Waals surface area contributed by atoms with Crippen LogP contribution in [0, 0.1) is 13.8 Å². The number of fused-ring (bicyclic) bond motifs is 1. The molecule has 1 fully saturated rings. The van der Waals surface area contributed by atoms with Crippen molar-refractivity contribution in [1.29, 1.82) is 0 Å². The first-order chi connectivity index (χ1) is 13.0. The number of benzene rings is 1. The first-order valence-corrected chi connectivity index (χ1v) is 9.77. The molecule has 2 heterocycles. The maximum Gasteiger partial charge on any atom is 0.253 e. The van der Waals surface area contributed by atoms with E-state index >= 15 is 0 Å². The molecule has 1 atom stereocenters. The Bertz CT molecular complexity index is 875. The number of aliphatic hydroxyl groups is 1. The summed E-state index contributed by atoms with van der Waals surface area (Å²) < 4.78 is 5.61. The van der Waals surface area contributed by atoms with Crippen molar-refractivity contribution in [3.8, 4) is 0 Å². The molecule has 0 aliphatic carbocycles. The normalized spacial score (nSPS) is 16.6. The number of nitrogens with one attached hydrogen (secondary N) is 2. The Kier molecular flexibility index (Phi) is 6.46. The third-order valence-corrected chi connectivity index (χ3v) is 5.45. The molecule has 1 aromatic carbocycles. The summed E-state index contributed by atoms with van der Waals surface area (Å²) in [5.74, 6) is 0. The topological polar surface area (TPSA) is 77.6 Å². The maximum absolute atomic E-state index is 12.6. The number of ether oxygens (including phenoxy) is 1. The van der Waals surface area contributed by atoms with Gasteiger partial charge in [0.05, 0.1) is 24.8 Å². The molecule has 7 heteroatoms. The number of hydrogen-bond acceptors (Lipinski definition) is 4. The SMILES string of the molecule is Cc1ccc(C)c2[nH]c(=O)c(CN(CCO)C(=S)NCC3CCCO3)cc12. The standard InChI is InChI=1S/C20H27N3O3S/c1-13-5-6-14(2)18-17(13)10-15(19(25)22-18)12-23(7-8-24)20(27)21-11-16-4-3-9-26-16/h5-6,10,16,24H,3-4,7-9,11-12H2,1-2H3,(H,21,27)(H,22,25). The highest BCUT2D eigenvalue weighted by atomic mass is 32.1. The van der Waals surface area contributed by atoms with Crippen LogP contribution < -0.4 is 10.9 Å². The molecule has 0 spiro atoms. The number of aliphatic hydroxyl groups excluding tert-OH is 1. The summed E-state index contributed by atoms with van der Waals surface area (Å²) >= 11 is 5.50. The van der Waals surface area contributed by atoms with Crippen LogP contribution in [0.3, 0.4) is 0 Å². The quantitative estimate of drug-likeness (QED) is 0.656. The highest BCUT2D eigenvalue weighted by molar-refractivity contribution is 7.80. The monoisotopic (exact) mass is 389 g/mol. The van der Waals surface area contributed by atoms with Crippen LogP contribution in [0.25, 0.3) is 10.9 Å². The molecule has 2 aromatic rings. The van der Waals surface area contributed by atoms with Crippen LogP contribution >= 0.6 is 12.2 Å². The molecule has 27 heavy (non-hydrogen) atoms. The van der Waals surface area contributed by atoms with Crippen LogP contribution in [-0.2, 0) is 11.3 Å². The van der Waals surface area contributed by atoms with Crippen LogP contribution in [0.1, 0.15) is 29.5 Å². The Morgan fingerprint density at radius 1 is 1.41 bits per heavy atom. The Morgan fingerprint density at radius 3 is 2.89 bits per heavy atom. The lowest BCUT2D eigenvalue weighted by Gasteiger charge is -2.26. The van der Waals surface area contributed by atoms with Gasteiger partial charge >= 0.3 is 0 Å². The number of nitrogens with zero attached hydrogens (tertiary/aromatic N) is 1. The molecular formula is C20H27N3O3S. The van der Waals surface area contributed by atoms with Crippen molar-refractivity contribution in [2.24, 2.45) is 0 Å². The number of H-pyrrole nitrogens is 1. The fourth-order valence-corrected chi connectivity index (χ4v) is 3.67. The van der Waals surface area contributed by atoms with Crippen LogP contribution in [0.4, 0.5) is 0 Å². The molecule has 3 N–H and O–H groups in total. The van der Waals surface area contributed by atoms with E-state index in [0.717, 1.165) is 41.5 Å². The summed E-state index contributed by atoms with van der Waals surface area (Å²) in [6.07, 6.45) is 2.28. The summed E-state index contributed by atoms with van der Waals surface area (Å²) in [4.78, 5) is 17.4. The van der Waals surface area contributed by atoms with Gasteiger partial charge in [0.1, 0.15) is 0 Å². The Labute approximate surface area is 164 Å². The van der Waals surface area contributed by atoms with Gasteiger partial charge in [0.2, 0.25) is 0 Å². The number of aromatic amines is 1. The molecule has 6 nitrogen and oxygen atoms in total. The third kappa shape index (κ3) is 4.66. The van der Waals surface area contributed by atoms with E-state index in [1.54, 1.807) is 0 Å². The van der Waals surface area contributed by atoms with E-state index in [1.807, 2.05) is 30.9 Å². The predicted molar refractivity (Wildman–Crippen MR) is 111 cm³/mol. The second-order valence-electron chi connectivity index (χ2n) is 7.08. The smallest absolute Gasteiger partial charge is 0.253 e. The lowest BCUT2D eigenvalue weighted by molar-refractivity contribution is 0.113. The van der Waals surface area contributed by atoms with Crippen molar-refractivity contribution in [1.82, 2.24) is 15.2 Å². The number of aryl methyl sites for hydroxylation is 2. The van der Waals surface area contributed by atoms with Gasteiger partial charge in [-0.25, -0.2) is 0 Å². The zero-order valence-electron chi connectivity index (χ0n) is 15.9. The predicted octanol–water partition coefficient (Wildman–Crippen LogP) is 1.99. The van der Waals surface area contributed by atoms with Gasteiger partial charge in [0.15, 0.2) is 5.11 Å². The molecule has 1 aromatic heterocycles. The molecule has 3 rings (SSSR count). The van der Waals surface area contributed by atoms with Crippen LogP contribution in [0.5, 0.6) is 0 Å². The first-order valence-electron chi connectivity index (χ1n) is 9.37. The zero-order valence-corrected chi connectivity index (χ0v) is 16.7.